The third-order valence-corrected chi connectivity index (χ3v) is 2.13. The zero-order chi connectivity index (χ0) is 9.40. The summed E-state index contributed by atoms with van der Waals surface area (Å²) in [4.78, 5) is 2.10. The van der Waals surface area contributed by atoms with Gasteiger partial charge in [0, 0.05) is 32.6 Å². The van der Waals surface area contributed by atoms with Gasteiger partial charge in [-0.25, -0.2) is 0 Å². The molecule has 4 heteroatoms. The van der Waals surface area contributed by atoms with Gasteiger partial charge in [0.25, 0.3) is 0 Å². The van der Waals surface area contributed by atoms with Crippen molar-refractivity contribution in [3.05, 3.63) is 0 Å². The van der Waals surface area contributed by atoms with Crippen molar-refractivity contribution in [2.75, 3.05) is 13.1 Å². The molecule has 2 nitrogen and oxygen atoms in total. The summed E-state index contributed by atoms with van der Waals surface area (Å²) in [6.45, 7) is 6.40. The van der Waals surface area contributed by atoms with E-state index in [0.717, 1.165) is 13.1 Å². The van der Waals surface area contributed by atoms with Crippen LogP contribution in [0.1, 0.15) is 39.5 Å². The molecule has 13 heavy (non-hydrogen) atoms. The Kier molecular flexibility index (Phi) is 12.6. The molecule has 2 N–H and O–H groups in total. The van der Waals surface area contributed by atoms with Crippen LogP contribution in [0.5, 0.6) is 0 Å². The molecule has 0 atom stereocenters. The largest absolute Gasteiger partial charge is 0.376 e. The van der Waals surface area contributed by atoms with Crippen LogP contribution >= 0.6 is 12.2 Å². The first-order valence-electron chi connectivity index (χ1n) is 4.76. The van der Waals surface area contributed by atoms with Crippen LogP contribution in [0.25, 0.3) is 0 Å². The average molecular weight is 254 g/mol. The molecule has 0 unspecified atom stereocenters. The van der Waals surface area contributed by atoms with Gasteiger partial charge in [0.2, 0.25) is 0 Å². The topological polar surface area (TPSA) is 29.3 Å². The molecule has 0 aliphatic heterocycles. The second kappa shape index (κ2) is 10.4. The summed E-state index contributed by atoms with van der Waals surface area (Å²) in [5.74, 6) is 0. The number of hydrogen-bond acceptors (Lipinski definition) is 1. The zero-order valence-electron chi connectivity index (χ0n) is 8.88. The fourth-order valence-corrected chi connectivity index (χ4v) is 1.21. The fourth-order valence-electron chi connectivity index (χ4n) is 1.03. The monoisotopic (exact) mass is 252 g/mol. The van der Waals surface area contributed by atoms with Crippen molar-refractivity contribution in [3.8, 4) is 0 Å². The van der Waals surface area contributed by atoms with Crippen LogP contribution in [0.4, 0.5) is 0 Å². The van der Waals surface area contributed by atoms with Gasteiger partial charge in [0.1, 0.15) is 0 Å². The van der Waals surface area contributed by atoms with Crippen LogP contribution in [-0.2, 0) is 19.5 Å². The molecule has 0 saturated heterocycles. The van der Waals surface area contributed by atoms with E-state index in [4.69, 9.17) is 18.0 Å². The third kappa shape index (κ3) is 8.64. The summed E-state index contributed by atoms with van der Waals surface area (Å²) in [7, 11) is 0. The Morgan fingerprint density at radius 1 is 1.15 bits per heavy atom. The number of rotatable bonds is 6. The summed E-state index contributed by atoms with van der Waals surface area (Å²) in [6.07, 6.45) is 4.76. The van der Waals surface area contributed by atoms with E-state index in [0.29, 0.717) is 5.11 Å². The average Bonchev–Trinajstić information content (AvgIpc) is 2.04. The molecular formula is C9H20N2SZn. The number of thiocarbonyl (C=S) groups is 1. The van der Waals surface area contributed by atoms with Crippen LogP contribution in [0.3, 0.4) is 0 Å². The second-order valence-corrected chi connectivity index (χ2v) is 3.45. The third-order valence-electron chi connectivity index (χ3n) is 1.87. The molecule has 0 aromatic carbocycles. The Morgan fingerprint density at radius 3 is 1.77 bits per heavy atom. The van der Waals surface area contributed by atoms with Crippen LogP contribution in [0.2, 0.25) is 0 Å². The normalized spacial score (nSPS) is 9.08. The first-order chi connectivity index (χ1) is 5.72. The van der Waals surface area contributed by atoms with E-state index < -0.39 is 0 Å². The summed E-state index contributed by atoms with van der Waals surface area (Å²) >= 11 is 4.95. The molecule has 0 spiro atoms. The molecule has 0 radical (unpaired) electrons. The summed E-state index contributed by atoms with van der Waals surface area (Å²) in [5.41, 5.74) is 5.58. The predicted molar refractivity (Wildman–Crippen MR) is 58.2 cm³/mol. The van der Waals surface area contributed by atoms with Gasteiger partial charge in [-0.3, -0.25) is 0 Å². The molecule has 0 aliphatic carbocycles. The van der Waals surface area contributed by atoms with Gasteiger partial charge in [0.05, 0.1) is 0 Å². The predicted octanol–water partition coefficient (Wildman–Crippen LogP) is 2.13. The summed E-state index contributed by atoms with van der Waals surface area (Å²) in [5, 5.41) is 0.553. The van der Waals surface area contributed by atoms with Gasteiger partial charge in [-0.15, -0.1) is 0 Å². The van der Waals surface area contributed by atoms with Gasteiger partial charge in [0.15, 0.2) is 5.11 Å². The smallest absolute Gasteiger partial charge is 0.166 e. The van der Waals surface area contributed by atoms with E-state index in [-0.39, 0.29) is 19.5 Å². The quantitative estimate of drug-likeness (QED) is 0.581. The number of hydrogen-bond donors (Lipinski definition) is 1. The van der Waals surface area contributed by atoms with E-state index in [9.17, 15) is 0 Å². The van der Waals surface area contributed by atoms with Crippen molar-refractivity contribution < 1.29 is 19.5 Å². The molecule has 0 aromatic rings. The van der Waals surface area contributed by atoms with Crippen molar-refractivity contribution in [1.82, 2.24) is 4.90 Å². The SMILES string of the molecule is CCCCN(CCCC)C(N)=S.[Zn]. The van der Waals surface area contributed by atoms with E-state index in [1.54, 1.807) is 0 Å². The van der Waals surface area contributed by atoms with Gasteiger partial charge in [-0.05, 0) is 25.1 Å². The van der Waals surface area contributed by atoms with Crippen LogP contribution in [-0.4, -0.2) is 23.1 Å². The van der Waals surface area contributed by atoms with Crippen molar-refractivity contribution in [1.29, 1.82) is 0 Å². The van der Waals surface area contributed by atoms with Crippen molar-refractivity contribution in [2.24, 2.45) is 5.73 Å². The summed E-state index contributed by atoms with van der Waals surface area (Å²) in [6, 6.07) is 0. The Balaban J connectivity index is 0. The Labute approximate surface area is 100 Å². The zero-order valence-corrected chi connectivity index (χ0v) is 12.7. The molecule has 0 bridgehead atoms. The first kappa shape index (κ1) is 15.8. The minimum Gasteiger partial charge on any atom is -0.376 e. The maximum absolute atomic E-state index is 5.58. The van der Waals surface area contributed by atoms with Gasteiger partial charge >= 0.3 is 0 Å². The second-order valence-electron chi connectivity index (χ2n) is 3.03. The molecule has 0 fully saturated rings. The van der Waals surface area contributed by atoms with E-state index in [1.807, 2.05) is 0 Å². The Bertz CT molecular complexity index is 123. The van der Waals surface area contributed by atoms with Crippen LogP contribution in [0, 0.1) is 0 Å². The van der Waals surface area contributed by atoms with Crippen LogP contribution in [0.15, 0.2) is 0 Å². The molecule has 74 valence electrons. The molecular weight excluding hydrogens is 234 g/mol. The molecule has 0 saturated carbocycles. The van der Waals surface area contributed by atoms with Crippen molar-refractivity contribution in [2.45, 2.75) is 39.5 Å². The molecule has 0 amide bonds. The van der Waals surface area contributed by atoms with Gasteiger partial charge in [-0.2, -0.15) is 0 Å². The Hall–Kier alpha value is 0.313. The summed E-state index contributed by atoms with van der Waals surface area (Å²) < 4.78 is 0. The van der Waals surface area contributed by atoms with E-state index in [2.05, 4.69) is 18.7 Å². The Morgan fingerprint density at radius 2 is 1.54 bits per heavy atom. The number of unbranched alkanes of at least 4 members (excludes halogenated alkanes) is 2. The van der Waals surface area contributed by atoms with Gasteiger partial charge < -0.3 is 10.6 Å². The van der Waals surface area contributed by atoms with Crippen molar-refractivity contribution in [3.63, 3.8) is 0 Å². The minimum absolute atomic E-state index is 0. The molecule has 0 aliphatic rings. The number of nitrogens with two attached hydrogens (primary N) is 1. The molecule has 0 heterocycles. The minimum atomic E-state index is 0. The van der Waals surface area contributed by atoms with Crippen molar-refractivity contribution >= 4 is 17.3 Å². The number of nitrogens with zero attached hydrogens (tertiary/aromatic N) is 1. The van der Waals surface area contributed by atoms with E-state index >= 15 is 0 Å². The maximum atomic E-state index is 5.58. The fraction of sp³-hybridized carbons (Fsp3) is 0.889. The van der Waals surface area contributed by atoms with Crippen LogP contribution < -0.4 is 5.73 Å². The molecule has 0 aromatic heterocycles. The first-order valence-corrected chi connectivity index (χ1v) is 5.17. The molecule has 0 rings (SSSR count). The standard InChI is InChI=1S/C9H20N2S.Zn/c1-3-5-7-11(9(10)12)8-6-4-2;/h3-8H2,1-2H3,(H2,10,12);. The van der Waals surface area contributed by atoms with E-state index in [1.165, 1.54) is 25.7 Å². The van der Waals surface area contributed by atoms with Gasteiger partial charge in [-0.1, -0.05) is 26.7 Å². The maximum Gasteiger partial charge on any atom is 0.166 e.